The molecular weight excluding hydrogens is 240 g/mol. The van der Waals surface area contributed by atoms with Gasteiger partial charge in [-0.25, -0.2) is 0 Å². The van der Waals surface area contributed by atoms with Crippen LogP contribution in [0, 0.1) is 29.1 Å². The summed E-state index contributed by atoms with van der Waals surface area (Å²) in [5.41, 5.74) is 4.46. The molecule has 5 unspecified atom stereocenters. The molecule has 3 saturated carbocycles. The number of allylic oxidation sites excluding steroid dienone is 2. The number of fused-ring (bicyclic) bond motifs is 5. The van der Waals surface area contributed by atoms with E-state index in [2.05, 4.69) is 13.8 Å². The van der Waals surface area contributed by atoms with Gasteiger partial charge in [-0.2, -0.15) is 0 Å². The van der Waals surface area contributed by atoms with Crippen molar-refractivity contribution >= 4 is 0 Å². The van der Waals surface area contributed by atoms with Crippen molar-refractivity contribution in [3.8, 4) is 0 Å². The zero-order valence-corrected chi connectivity index (χ0v) is 13.6. The van der Waals surface area contributed by atoms with Crippen LogP contribution in [-0.2, 0) is 0 Å². The third-order valence-corrected chi connectivity index (χ3v) is 7.93. The van der Waals surface area contributed by atoms with Crippen LogP contribution in [0.3, 0.4) is 0 Å². The minimum absolute atomic E-state index is 0.709. The lowest BCUT2D eigenvalue weighted by Crippen LogP contribution is -2.44. The summed E-state index contributed by atoms with van der Waals surface area (Å²) in [6.07, 6.45) is 16.6. The van der Waals surface area contributed by atoms with Crippen LogP contribution in [0.5, 0.6) is 0 Å². The molecule has 0 amide bonds. The molecule has 112 valence electrons. The molecule has 4 aliphatic rings. The first-order valence-electron chi connectivity index (χ1n) is 9.38. The van der Waals surface area contributed by atoms with Gasteiger partial charge >= 0.3 is 0 Å². The maximum absolute atomic E-state index is 2.69. The standard InChI is InChI=1S/C20H32/c1-14-7-3-4-9-16-17-11-10-15-8-5-6-12-20(15,2)19(17)13-18(14)16/h15-17,19H,3-13H2,1-2H3. The minimum Gasteiger partial charge on any atom is -0.0738 e. The van der Waals surface area contributed by atoms with Gasteiger partial charge in [0, 0.05) is 0 Å². The summed E-state index contributed by atoms with van der Waals surface area (Å²) in [6.45, 7) is 5.15. The van der Waals surface area contributed by atoms with E-state index in [1.54, 1.807) is 24.8 Å². The highest BCUT2D eigenvalue weighted by Gasteiger charge is 2.54. The van der Waals surface area contributed by atoms with Crippen molar-refractivity contribution in [3.63, 3.8) is 0 Å². The first-order valence-corrected chi connectivity index (χ1v) is 9.38. The van der Waals surface area contributed by atoms with Crippen LogP contribution in [0.4, 0.5) is 0 Å². The van der Waals surface area contributed by atoms with Crippen molar-refractivity contribution in [1.29, 1.82) is 0 Å². The second-order valence-electron chi connectivity index (χ2n) is 8.66. The summed E-state index contributed by atoms with van der Waals surface area (Å²) in [4.78, 5) is 0. The largest absolute Gasteiger partial charge is 0.0738 e. The number of hydrogen-bond donors (Lipinski definition) is 0. The van der Waals surface area contributed by atoms with E-state index in [1.807, 2.05) is 5.57 Å². The van der Waals surface area contributed by atoms with Gasteiger partial charge in [0.05, 0.1) is 0 Å². The van der Waals surface area contributed by atoms with Crippen LogP contribution >= 0.6 is 0 Å². The molecule has 0 spiro atoms. The minimum atomic E-state index is 0.709. The molecule has 0 heterocycles. The second kappa shape index (κ2) is 4.89. The van der Waals surface area contributed by atoms with Gasteiger partial charge in [-0.3, -0.25) is 0 Å². The SMILES string of the molecule is CC1=C2CC3C(CCC4CCCCC43C)C2CCCC1. The summed E-state index contributed by atoms with van der Waals surface area (Å²) in [7, 11) is 0. The molecule has 0 nitrogen and oxygen atoms in total. The first kappa shape index (κ1) is 13.4. The Morgan fingerprint density at radius 1 is 0.950 bits per heavy atom. The Balaban J connectivity index is 1.69. The molecule has 0 aliphatic heterocycles. The predicted octanol–water partition coefficient (Wildman–Crippen LogP) is 6.12. The van der Waals surface area contributed by atoms with Crippen molar-refractivity contribution in [2.45, 2.75) is 84.5 Å². The molecular formula is C20H32. The summed E-state index contributed by atoms with van der Waals surface area (Å²) >= 11 is 0. The Hall–Kier alpha value is -0.260. The molecule has 0 aromatic heterocycles. The van der Waals surface area contributed by atoms with E-state index in [-0.39, 0.29) is 0 Å². The van der Waals surface area contributed by atoms with Crippen LogP contribution < -0.4 is 0 Å². The molecule has 5 atom stereocenters. The average molecular weight is 272 g/mol. The molecule has 3 fully saturated rings. The third-order valence-electron chi connectivity index (χ3n) is 7.93. The van der Waals surface area contributed by atoms with Gasteiger partial charge in [0.2, 0.25) is 0 Å². The van der Waals surface area contributed by atoms with Crippen LogP contribution in [0.2, 0.25) is 0 Å². The molecule has 0 heteroatoms. The highest BCUT2D eigenvalue weighted by atomic mass is 14.6. The third kappa shape index (κ3) is 1.86. The van der Waals surface area contributed by atoms with Gasteiger partial charge < -0.3 is 0 Å². The fourth-order valence-electron chi connectivity index (χ4n) is 6.78. The molecule has 0 aromatic carbocycles. The maximum atomic E-state index is 2.69. The van der Waals surface area contributed by atoms with Crippen molar-refractivity contribution < 1.29 is 0 Å². The second-order valence-corrected chi connectivity index (χ2v) is 8.66. The maximum Gasteiger partial charge on any atom is -0.0169 e. The van der Waals surface area contributed by atoms with Crippen molar-refractivity contribution in [1.82, 2.24) is 0 Å². The monoisotopic (exact) mass is 272 g/mol. The number of rotatable bonds is 0. The van der Waals surface area contributed by atoms with Crippen LogP contribution in [-0.4, -0.2) is 0 Å². The van der Waals surface area contributed by atoms with Gasteiger partial charge in [-0.15, -0.1) is 0 Å². The molecule has 4 aliphatic carbocycles. The van der Waals surface area contributed by atoms with E-state index in [0.29, 0.717) is 5.41 Å². The quantitative estimate of drug-likeness (QED) is 0.466. The summed E-state index contributed by atoms with van der Waals surface area (Å²) in [6, 6.07) is 0. The summed E-state index contributed by atoms with van der Waals surface area (Å²) in [5, 5.41) is 0. The first-order chi connectivity index (χ1) is 9.70. The topological polar surface area (TPSA) is 0 Å². The fourth-order valence-corrected chi connectivity index (χ4v) is 6.78. The van der Waals surface area contributed by atoms with Crippen LogP contribution in [0.25, 0.3) is 0 Å². The normalized spacial score (nSPS) is 48.3. The molecule has 0 saturated heterocycles. The van der Waals surface area contributed by atoms with Crippen LogP contribution in [0.1, 0.15) is 84.5 Å². The lowest BCUT2D eigenvalue weighted by molar-refractivity contribution is -0.0301. The van der Waals surface area contributed by atoms with E-state index in [0.717, 1.165) is 23.7 Å². The fraction of sp³-hybridized carbons (Fsp3) is 0.900. The van der Waals surface area contributed by atoms with E-state index < -0.39 is 0 Å². The predicted molar refractivity (Wildman–Crippen MR) is 85.6 cm³/mol. The zero-order chi connectivity index (χ0) is 13.7. The van der Waals surface area contributed by atoms with Crippen molar-refractivity contribution in [2.24, 2.45) is 29.1 Å². The van der Waals surface area contributed by atoms with Gasteiger partial charge in [0.25, 0.3) is 0 Å². The summed E-state index contributed by atoms with van der Waals surface area (Å²) in [5.74, 6) is 4.19. The lowest BCUT2D eigenvalue weighted by atomic mass is 9.52. The van der Waals surface area contributed by atoms with Crippen molar-refractivity contribution in [3.05, 3.63) is 11.1 Å². The molecule has 0 N–H and O–H groups in total. The highest BCUT2D eigenvalue weighted by Crippen LogP contribution is 2.64. The van der Waals surface area contributed by atoms with E-state index in [9.17, 15) is 0 Å². The molecule has 0 aromatic rings. The Kier molecular flexibility index (Phi) is 3.28. The van der Waals surface area contributed by atoms with E-state index in [4.69, 9.17) is 0 Å². The summed E-state index contributed by atoms with van der Waals surface area (Å²) < 4.78 is 0. The van der Waals surface area contributed by atoms with Gasteiger partial charge in [-0.05, 0) is 87.4 Å². The van der Waals surface area contributed by atoms with Gasteiger partial charge in [-0.1, -0.05) is 37.3 Å². The Morgan fingerprint density at radius 3 is 2.70 bits per heavy atom. The van der Waals surface area contributed by atoms with Gasteiger partial charge in [0.15, 0.2) is 0 Å². The average Bonchev–Trinajstić information content (AvgIpc) is 2.73. The highest BCUT2D eigenvalue weighted by molar-refractivity contribution is 5.25. The Bertz CT molecular complexity index is 418. The number of hydrogen-bond acceptors (Lipinski definition) is 0. The molecule has 0 bridgehead atoms. The smallest absolute Gasteiger partial charge is 0.0169 e. The molecule has 20 heavy (non-hydrogen) atoms. The van der Waals surface area contributed by atoms with Gasteiger partial charge in [0.1, 0.15) is 0 Å². The Labute approximate surface area is 125 Å². The lowest BCUT2D eigenvalue weighted by Gasteiger charge is -2.52. The molecule has 0 radical (unpaired) electrons. The van der Waals surface area contributed by atoms with Crippen LogP contribution in [0.15, 0.2) is 11.1 Å². The van der Waals surface area contributed by atoms with E-state index in [1.165, 1.54) is 51.4 Å². The molecule has 4 rings (SSSR count). The van der Waals surface area contributed by atoms with E-state index >= 15 is 0 Å². The zero-order valence-electron chi connectivity index (χ0n) is 13.6. The van der Waals surface area contributed by atoms with Crippen molar-refractivity contribution in [2.75, 3.05) is 0 Å². The Morgan fingerprint density at radius 2 is 1.80 bits per heavy atom.